The van der Waals surface area contributed by atoms with Crippen molar-refractivity contribution >= 4 is 17.4 Å². The van der Waals surface area contributed by atoms with Crippen LogP contribution in [0.2, 0.25) is 0 Å². The van der Waals surface area contributed by atoms with Gasteiger partial charge in [0.15, 0.2) is 5.82 Å². The molecule has 0 bridgehead atoms. The Labute approximate surface area is 138 Å². The summed E-state index contributed by atoms with van der Waals surface area (Å²) in [6, 6.07) is 0. The molecule has 3 rings (SSSR count). The lowest BCUT2D eigenvalue weighted by Crippen LogP contribution is -2.52. The molecule has 1 aliphatic carbocycles. The molecule has 124 valence electrons. The number of amides is 1. The smallest absolute Gasteiger partial charge is 0.408 e. The quantitative estimate of drug-likeness (QED) is 0.924. The summed E-state index contributed by atoms with van der Waals surface area (Å²) in [5, 5.41) is 7.00. The summed E-state index contributed by atoms with van der Waals surface area (Å²) in [5.41, 5.74) is 1.46. The fourth-order valence-electron chi connectivity index (χ4n) is 2.45. The fourth-order valence-corrected chi connectivity index (χ4v) is 3.17. The maximum absolute atomic E-state index is 12.1. The van der Waals surface area contributed by atoms with E-state index in [1.54, 1.807) is 5.51 Å². The molecule has 0 aromatic carbocycles. The number of nitrogens with one attached hydrogen (secondary N) is 1. The molecule has 2 aromatic rings. The second kappa shape index (κ2) is 5.59. The van der Waals surface area contributed by atoms with Crippen LogP contribution in [0.25, 0.3) is 10.8 Å². The first-order valence-electron chi connectivity index (χ1n) is 7.55. The van der Waals surface area contributed by atoms with Crippen LogP contribution in [-0.2, 0) is 10.3 Å². The molecule has 1 amide bonds. The van der Waals surface area contributed by atoms with Gasteiger partial charge < -0.3 is 14.6 Å². The van der Waals surface area contributed by atoms with Crippen molar-refractivity contribution < 1.29 is 14.1 Å². The van der Waals surface area contributed by atoms with Crippen molar-refractivity contribution in [3.63, 3.8) is 0 Å². The number of carbonyl (C=O) groups excluding carboxylic acids is 1. The van der Waals surface area contributed by atoms with Crippen LogP contribution in [0.4, 0.5) is 4.79 Å². The Balaban J connectivity index is 1.80. The largest absolute Gasteiger partial charge is 0.444 e. The number of thiazole rings is 1. The van der Waals surface area contributed by atoms with Gasteiger partial charge in [0.2, 0.25) is 0 Å². The average molecular weight is 336 g/mol. The molecule has 1 saturated carbocycles. The van der Waals surface area contributed by atoms with E-state index in [2.05, 4.69) is 20.4 Å². The third kappa shape index (κ3) is 3.21. The minimum absolute atomic E-state index is 0.442. The zero-order valence-electron chi connectivity index (χ0n) is 13.7. The standard InChI is InChI=1S/C15H20N4O3S/c1-9-10(23-8-16-9)11-17-12(19-22-11)15(6-5-7-15)18-13(20)21-14(2,3)4/h8H,5-7H2,1-4H3,(H,18,20). The van der Waals surface area contributed by atoms with Gasteiger partial charge in [-0.25, -0.2) is 9.78 Å². The number of nitrogens with zero attached hydrogens (tertiary/aromatic N) is 3. The second-order valence-corrected chi connectivity index (χ2v) is 7.61. The van der Waals surface area contributed by atoms with Crippen LogP contribution >= 0.6 is 11.3 Å². The van der Waals surface area contributed by atoms with Gasteiger partial charge in [0.1, 0.15) is 16.0 Å². The number of carbonyl (C=O) groups is 1. The van der Waals surface area contributed by atoms with Crippen LogP contribution in [0, 0.1) is 6.92 Å². The van der Waals surface area contributed by atoms with Gasteiger partial charge in [0.25, 0.3) is 5.89 Å². The number of hydrogen-bond donors (Lipinski definition) is 1. The Hall–Kier alpha value is -1.96. The highest BCUT2D eigenvalue weighted by Gasteiger charge is 2.45. The Morgan fingerprint density at radius 3 is 2.70 bits per heavy atom. The molecule has 0 radical (unpaired) electrons. The van der Waals surface area contributed by atoms with Gasteiger partial charge in [-0.1, -0.05) is 5.16 Å². The van der Waals surface area contributed by atoms with Gasteiger partial charge in [0, 0.05) is 0 Å². The van der Waals surface area contributed by atoms with Crippen molar-refractivity contribution in [2.75, 3.05) is 0 Å². The van der Waals surface area contributed by atoms with Crippen LogP contribution in [-0.4, -0.2) is 26.8 Å². The van der Waals surface area contributed by atoms with E-state index in [1.807, 2.05) is 27.7 Å². The number of rotatable bonds is 3. The van der Waals surface area contributed by atoms with Crippen molar-refractivity contribution in [3.05, 3.63) is 17.0 Å². The van der Waals surface area contributed by atoms with E-state index < -0.39 is 17.2 Å². The number of ether oxygens (including phenoxy) is 1. The van der Waals surface area contributed by atoms with E-state index in [1.165, 1.54) is 11.3 Å². The molecule has 0 aliphatic heterocycles. The summed E-state index contributed by atoms with van der Waals surface area (Å²) in [4.78, 5) is 21.6. The van der Waals surface area contributed by atoms with Crippen molar-refractivity contribution in [2.24, 2.45) is 0 Å². The molecular weight excluding hydrogens is 316 g/mol. The third-order valence-electron chi connectivity index (χ3n) is 3.74. The summed E-state index contributed by atoms with van der Waals surface area (Å²) in [5.74, 6) is 0.940. The zero-order valence-corrected chi connectivity index (χ0v) is 14.5. The van der Waals surface area contributed by atoms with Crippen molar-refractivity contribution in [2.45, 2.75) is 58.1 Å². The topological polar surface area (TPSA) is 90.1 Å². The molecule has 7 nitrogen and oxygen atoms in total. The van der Waals surface area contributed by atoms with Gasteiger partial charge in [-0.3, -0.25) is 0 Å². The van der Waals surface area contributed by atoms with Gasteiger partial charge >= 0.3 is 6.09 Å². The van der Waals surface area contributed by atoms with Crippen LogP contribution in [0.1, 0.15) is 51.6 Å². The normalized spacial score (nSPS) is 16.7. The highest BCUT2D eigenvalue weighted by molar-refractivity contribution is 7.13. The third-order valence-corrected chi connectivity index (χ3v) is 4.66. The summed E-state index contributed by atoms with van der Waals surface area (Å²) in [6.07, 6.45) is 2.08. The van der Waals surface area contributed by atoms with E-state index in [0.29, 0.717) is 11.7 Å². The number of aromatic nitrogens is 3. The van der Waals surface area contributed by atoms with Crippen LogP contribution < -0.4 is 5.32 Å². The summed E-state index contributed by atoms with van der Waals surface area (Å²) < 4.78 is 10.7. The molecule has 23 heavy (non-hydrogen) atoms. The van der Waals surface area contributed by atoms with Gasteiger partial charge in [-0.15, -0.1) is 11.3 Å². The summed E-state index contributed by atoms with van der Waals surface area (Å²) >= 11 is 1.45. The fraction of sp³-hybridized carbons (Fsp3) is 0.600. The maximum Gasteiger partial charge on any atom is 0.408 e. The van der Waals surface area contributed by atoms with Crippen molar-refractivity contribution in [3.8, 4) is 10.8 Å². The first-order valence-corrected chi connectivity index (χ1v) is 8.43. The molecule has 0 saturated heterocycles. The number of hydrogen-bond acceptors (Lipinski definition) is 7. The predicted molar refractivity (Wildman–Crippen MR) is 85.0 cm³/mol. The maximum atomic E-state index is 12.1. The van der Waals surface area contributed by atoms with Crippen molar-refractivity contribution in [1.29, 1.82) is 0 Å². The molecular formula is C15H20N4O3S. The Morgan fingerprint density at radius 1 is 1.43 bits per heavy atom. The van der Waals surface area contributed by atoms with Gasteiger partial charge in [0.05, 0.1) is 11.2 Å². The lowest BCUT2D eigenvalue weighted by Gasteiger charge is -2.39. The van der Waals surface area contributed by atoms with E-state index in [4.69, 9.17) is 9.26 Å². The van der Waals surface area contributed by atoms with E-state index in [-0.39, 0.29) is 0 Å². The molecule has 0 atom stereocenters. The minimum atomic E-state index is -0.595. The van der Waals surface area contributed by atoms with Gasteiger partial charge in [-0.05, 0) is 47.0 Å². The molecule has 1 aliphatic rings. The zero-order chi connectivity index (χ0) is 16.7. The molecule has 0 unspecified atom stereocenters. The Kier molecular flexibility index (Phi) is 3.87. The minimum Gasteiger partial charge on any atom is -0.444 e. The van der Waals surface area contributed by atoms with E-state index >= 15 is 0 Å². The first-order chi connectivity index (χ1) is 10.8. The Morgan fingerprint density at radius 2 is 2.17 bits per heavy atom. The molecule has 0 spiro atoms. The molecule has 1 fully saturated rings. The van der Waals surface area contributed by atoms with Crippen LogP contribution in [0.3, 0.4) is 0 Å². The average Bonchev–Trinajstić information content (AvgIpc) is 3.00. The van der Waals surface area contributed by atoms with Crippen molar-refractivity contribution in [1.82, 2.24) is 20.4 Å². The van der Waals surface area contributed by atoms with E-state index in [9.17, 15) is 4.79 Å². The highest BCUT2D eigenvalue weighted by Crippen LogP contribution is 2.41. The highest BCUT2D eigenvalue weighted by atomic mass is 32.1. The summed E-state index contributed by atoms with van der Waals surface area (Å²) in [6.45, 7) is 7.39. The number of alkyl carbamates (subject to hydrolysis) is 1. The SMILES string of the molecule is Cc1ncsc1-c1nc(C2(NC(=O)OC(C)(C)C)CCC2)no1. The van der Waals surface area contributed by atoms with Gasteiger partial charge in [-0.2, -0.15) is 4.98 Å². The molecule has 2 aromatic heterocycles. The monoisotopic (exact) mass is 336 g/mol. The molecule has 2 heterocycles. The summed E-state index contributed by atoms with van der Waals surface area (Å²) in [7, 11) is 0. The molecule has 1 N–H and O–H groups in total. The first kappa shape index (κ1) is 15.9. The second-order valence-electron chi connectivity index (χ2n) is 6.75. The van der Waals surface area contributed by atoms with Crippen LogP contribution in [0.15, 0.2) is 10.0 Å². The Bertz CT molecular complexity index is 712. The lowest BCUT2D eigenvalue weighted by molar-refractivity contribution is 0.0362. The molecule has 8 heteroatoms. The lowest BCUT2D eigenvalue weighted by atomic mass is 9.76. The van der Waals surface area contributed by atoms with E-state index in [0.717, 1.165) is 29.8 Å². The number of aryl methyl sites for hydroxylation is 1. The predicted octanol–water partition coefficient (Wildman–Crippen LogP) is 3.41. The van der Waals surface area contributed by atoms with Crippen LogP contribution in [0.5, 0.6) is 0 Å².